The van der Waals surface area contributed by atoms with Gasteiger partial charge >= 0.3 is 0 Å². The molecule has 0 amide bonds. The van der Waals surface area contributed by atoms with Gasteiger partial charge in [0.05, 0.1) is 16.9 Å². The molecule has 0 saturated heterocycles. The van der Waals surface area contributed by atoms with Gasteiger partial charge < -0.3 is 5.32 Å². The lowest BCUT2D eigenvalue weighted by Crippen LogP contribution is -2.24. The van der Waals surface area contributed by atoms with Crippen molar-refractivity contribution >= 4 is 5.69 Å². The fourth-order valence-electron chi connectivity index (χ4n) is 3.05. The third kappa shape index (κ3) is 3.26. The van der Waals surface area contributed by atoms with E-state index in [2.05, 4.69) is 23.3 Å². The minimum absolute atomic E-state index is 0.689. The molecule has 1 aromatic rings. The van der Waals surface area contributed by atoms with E-state index in [1.807, 2.05) is 19.9 Å². The predicted octanol–water partition coefficient (Wildman–Crippen LogP) is 3.81. The molecule has 0 aliphatic heterocycles. The lowest BCUT2D eigenvalue weighted by atomic mass is 9.80. The van der Waals surface area contributed by atoms with Crippen molar-refractivity contribution in [3.8, 4) is 6.07 Å². The molecule has 2 unspecified atom stereocenters. The van der Waals surface area contributed by atoms with Crippen molar-refractivity contribution in [3.63, 3.8) is 0 Å². The normalized spacial score (nSPS) is 22.8. The molecule has 0 spiro atoms. The molecule has 1 saturated carbocycles. The molecule has 1 fully saturated rings. The fourth-order valence-corrected chi connectivity index (χ4v) is 3.05. The first-order valence-corrected chi connectivity index (χ1v) is 7.24. The highest BCUT2D eigenvalue weighted by atomic mass is 14.9. The molecule has 19 heavy (non-hydrogen) atoms. The number of hydrogen-bond donors (Lipinski definition) is 1. The molecule has 2 atom stereocenters. The smallest absolute Gasteiger partial charge is 0.103 e. The van der Waals surface area contributed by atoms with E-state index in [-0.39, 0.29) is 0 Å². The Kier molecular flexibility index (Phi) is 4.42. The van der Waals surface area contributed by atoms with Crippen LogP contribution in [0.25, 0.3) is 0 Å². The first-order chi connectivity index (χ1) is 9.11. The maximum Gasteiger partial charge on any atom is 0.103 e. The Morgan fingerprint density at radius 3 is 2.79 bits per heavy atom. The van der Waals surface area contributed by atoms with Crippen molar-refractivity contribution in [2.75, 3.05) is 11.9 Å². The average molecular weight is 257 g/mol. The fraction of sp³-hybridized carbons (Fsp3) is 0.625. The van der Waals surface area contributed by atoms with Crippen LogP contribution in [0.4, 0.5) is 5.69 Å². The highest BCUT2D eigenvalue weighted by molar-refractivity contribution is 5.59. The van der Waals surface area contributed by atoms with Crippen molar-refractivity contribution in [3.05, 3.63) is 23.0 Å². The average Bonchev–Trinajstić information content (AvgIpc) is 2.37. The van der Waals surface area contributed by atoms with Gasteiger partial charge in [0.15, 0.2) is 0 Å². The summed E-state index contributed by atoms with van der Waals surface area (Å²) in [7, 11) is 0. The maximum absolute atomic E-state index is 9.25. The molecule has 0 radical (unpaired) electrons. The molecule has 3 heteroatoms. The number of aromatic nitrogens is 1. The third-order valence-corrected chi connectivity index (χ3v) is 4.28. The van der Waals surface area contributed by atoms with E-state index in [0.29, 0.717) is 5.56 Å². The quantitative estimate of drug-likeness (QED) is 0.895. The van der Waals surface area contributed by atoms with E-state index in [1.54, 1.807) is 0 Å². The van der Waals surface area contributed by atoms with Crippen LogP contribution in [-0.4, -0.2) is 11.5 Å². The Bertz CT molecular complexity index is 488. The molecule has 102 valence electrons. The molecule has 1 heterocycles. The van der Waals surface area contributed by atoms with Crippen LogP contribution >= 0.6 is 0 Å². The van der Waals surface area contributed by atoms with E-state index in [0.717, 1.165) is 35.5 Å². The molecular weight excluding hydrogens is 234 g/mol. The van der Waals surface area contributed by atoms with Gasteiger partial charge in [-0.15, -0.1) is 0 Å². The Morgan fingerprint density at radius 1 is 1.37 bits per heavy atom. The summed E-state index contributed by atoms with van der Waals surface area (Å²) in [5.74, 6) is 1.52. The van der Waals surface area contributed by atoms with Crippen LogP contribution < -0.4 is 5.32 Å². The first-order valence-electron chi connectivity index (χ1n) is 7.24. The van der Waals surface area contributed by atoms with Crippen LogP contribution in [-0.2, 0) is 0 Å². The Hall–Kier alpha value is -1.56. The zero-order valence-corrected chi connectivity index (χ0v) is 12.2. The number of rotatable bonds is 3. The second kappa shape index (κ2) is 6.06. The van der Waals surface area contributed by atoms with Crippen LogP contribution in [0.1, 0.15) is 49.6 Å². The summed E-state index contributed by atoms with van der Waals surface area (Å²) in [6.07, 6.45) is 5.36. The summed E-state index contributed by atoms with van der Waals surface area (Å²) >= 11 is 0. The van der Waals surface area contributed by atoms with Crippen molar-refractivity contribution in [2.45, 2.75) is 46.5 Å². The van der Waals surface area contributed by atoms with Crippen LogP contribution in [0.15, 0.2) is 6.07 Å². The molecule has 1 aliphatic carbocycles. The van der Waals surface area contributed by atoms with E-state index in [4.69, 9.17) is 0 Å². The highest BCUT2D eigenvalue weighted by Crippen LogP contribution is 2.30. The summed E-state index contributed by atoms with van der Waals surface area (Å²) in [6, 6.07) is 4.25. The standard InChI is InChI=1S/C16H23N3/c1-11-6-4-5-7-14(11)10-18-16-8-12(2)19-13(3)15(16)9-17/h8,11,14H,4-7,10H2,1-3H3,(H,18,19). The van der Waals surface area contributed by atoms with Gasteiger partial charge in [-0.05, 0) is 38.2 Å². The minimum atomic E-state index is 0.689. The zero-order chi connectivity index (χ0) is 13.8. The van der Waals surface area contributed by atoms with Gasteiger partial charge in [-0.2, -0.15) is 5.26 Å². The summed E-state index contributed by atoms with van der Waals surface area (Å²) in [5, 5.41) is 12.7. The number of nitriles is 1. The predicted molar refractivity (Wildman–Crippen MR) is 78.0 cm³/mol. The Labute approximate surface area is 116 Å². The highest BCUT2D eigenvalue weighted by Gasteiger charge is 2.21. The molecule has 2 rings (SSSR count). The number of aryl methyl sites for hydroxylation is 2. The van der Waals surface area contributed by atoms with Gasteiger partial charge in [-0.1, -0.05) is 26.2 Å². The molecule has 1 aromatic heterocycles. The van der Waals surface area contributed by atoms with Crippen molar-refractivity contribution in [1.82, 2.24) is 4.98 Å². The van der Waals surface area contributed by atoms with Crippen molar-refractivity contribution in [2.24, 2.45) is 11.8 Å². The van der Waals surface area contributed by atoms with E-state index >= 15 is 0 Å². The number of nitrogens with one attached hydrogen (secondary N) is 1. The molecular formula is C16H23N3. The topological polar surface area (TPSA) is 48.7 Å². The third-order valence-electron chi connectivity index (χ3n) is 4.28. The van der Waals surface area contributed by atoms with Gasteiger partial charge in [0, 0.05) is 12.2 Å². The molecule has 0 aromatic carbocycles. The van der Waals surface area contributed by atoms with Crippen LogP contribution in [0, 0.1) is 37.0 Å². The number of nitrogens with zero attached hydrogens (tertiary/aromatic N) is 2. The van der Waals surface area contributed by atoms with E-state index in [9.17, 15) is 5.26 Å². The summed E-state index contributed by atoms with van der Waals surface area (Å²) in [6.45, 7) is 7.20. The number of anilines is 1. The monoisotopic (exact) mass is 257 g/mol. The number of hydrogen-bond acceptors (Lipinski definition) is 3. The van der Waals surface area contributed by atoms with E-state index < -0.39 is 0 Å². The summed E-state index contributed by atoms with van der Waals surface area (Å²) < 4.78 is 0. The number of pyridine rings is 1. The van der Waals surface area contributed by atoms with Crippen molar-refractivity contribution in [1.29, 1.82) is 5.26 Å². The Balaban J connectivity index is 2.09. The lowest BCUT2D eigenvalue weighted by molar-refractivity contribution is 0.268. The van der Waals surface area contributed by atoms with Crippen LogP contribution in [0.5, 0.6) is 0 Å². The largest absolute Gasteiger partial charge is 0.384 e. The second-order valence-corrected chi connectivity index (χ2v) is 5.79. The molecule has 1 aliphatic rings. The van der Waals surface area contributed by atoms with Crippen molar-refractivity contribution < 1.29 is 0 Å². The molecule has 0 bridgehead atoms. The summed E-state index contributed by atoms with van der Waals surface area (Å²) in [5.41, 5.74) is 3.43. The van der Waals surface area contributed by atoms with Crippen LogP contribution in [0.2, 0.25) is 0 Å². The van der Waals surface area contributed by atoms with Gasteiger partial charge in [-0.3, -0.25) is 4.98 Å². The van der Waals surface area contributed by atoms with Gasteiger partial charge in [-0.25, -0.2) is 0 Å². The SMILES string of the molecule is Cc1cc(NCC2CCCCC2C)c(C#N)c(C)n1. The van der Waals surface area contributed by atoms with Crippen LogP contribution in [0.3, 0.4) is 0 Å². The second-order valence-electron chi connectivity index (χ2n) is 5.79. The Morgan fingerprint density at radius 2 is 2.11 bits per heavy atom. The van der Waals surface area contributed by atoms with Gasteiger partial charge in [0.25, 0.3) is 0 Å². The van der Waals surface area contributed by atoms with Gasteiger partial charge in [0.1, 0.15) is 6.07 Å². The molecule has 3 nitrogen and oxygen atoms in total. The zero-order valence-electron chi connectivity index (χ0n) is 12.2. The van der Waals surface area contributed by atoms with Gasteiger partial charge in [0.2, 0.25) is 0 Å². The maximum atomic E-state index is 9.25. The van der Waals surface area contributed by atoms with E-state index in [1.165, 1.54) is 25.7 Å². The minimum Gasteiger partial charge on any atom is -0.384 e. The lowest BCUT2D eigenvalue weighted by Gasteiger charge is -2.29. The summed E-state index contributed by atoms with van der Waals surface area (Å²) in [4.78, 5) is 4.35. The first kappa shape index (κ1) is 13.9. The molecule has 1 N–H and O–H groups in total.